The second-order valence-corrected chi connectivity index (χ2v) is 4.67. The van der Waals surface area contributed by atoms with Gasteiger partial charge in [-0.2, -0.15) is 0 Å². The van der Waals surface area contributed by atoms with E-state index in [1.54, 1.807) is 11.9 Å². The van der Waals surface area contributed by atoms with Crippen molar-refractivity contribution in [1.29, 1.82) is 0 Å². The van der Waals surface area contributed by atoms with Gasteiger partial charge in [0.05, 0.1) is 12.1 Å². The minimum absolute atomic E-state index is 0.0287. The van der Waals surface area contributed by atoms with Crippen molar-refractivity contribution in [2.45, 2.75) is 24.9 Å². The van der Waals surface area contributed by atoms with E-state index in [2.05, 4.69) is 5.32 Å². The Morgan fingerprint density at radius 1 is 1.39 bits per heavy atom. The molecule has 1 N–H and O–H groups in total. The monoisotopic (exact) mass is 246 g/mol. The van der Waals surface area contributed by atoms with E-state index in [0.717, 1.165) is 24.7 Å². The normalized spacial score (nSPS) is 16.1. The number of hydrogen-bond acceptors (Lipinski definition) is 3. The molecule has 0 aromatic heterocycles. The molecule has 0 aliphatic heterocycles. The van der Waals surface area contributed by atoms with Crippen molar-refractivity contribution in [3.8, 4) is 0 Å². The van der Waals surface area contributed by atoms with Crippen LogP contribution in [0.2, 0.25) is 0 Å². The van der Waals surface area contributed by atoms with E-state index in [4.69, 9.17) is 0 Å². The van der Waals surface area contributed by atoms with Gasteiger partial charge in [-0.1, -0.05) is 30.3 Å². The van der Waals surface area contributed by atoms with Crippen LogP contribution in [0.15, 0.2) is 30.3 Å². The Morgan fingerprint density at radius 2 is 2.06 bits per heavy atom. The molecule has 1 aliphatic rings. The highest BCUT2D eigenvalue weighted by Gasteiger charge is 2.50. The summed E-state index contributed by atoms with van der Waals surface area (Å²) < 4.78 is 0. The van der Waals surface area contributed by atoms with Gasteiger partial charge in [0.25, 0.3) is 0 Å². The van der Waals surface area contributed by atoms with Crippen molar-refractivity contribution < 1.29 is 9.59 Å². The van der Waals surface area contributed by atoms with Crippen molar-refractivity contribution in [1.82, 2.24) is 10.2 Å². The lowest BCUT2D eigenvalue weighted by Gasteiger charge is -2.25. The number of carbonyl (C=O) groups excluding carboxylic acids is 2. The molecular formula is C14H18N2O2. The van der Waals surface area contributed by atoms with Gasteiger partial charge in [0.1, 0.15) is 6.29 Å². The van der Waals surface area contributed by atoms with Crippen LogP contribution in [0, 0.1) is 0 Å². The first-order valence-corrected chi connectivity index (χ1v) is 6.18. The highest BCUT2D eigenvalue weighted by Crippen LogP contribution is 2.36. The van der Waals surface area contributed by atoms with Crippen LogP contribution in [0.5, 0.6) is 0 Å². The maximum absolute atomic E-state index is 12.4. The number of hydrogen-bond donors (Lipinski definition) is 1. The summed E-state index contributed by atoms with van der Waals surface area (Å²) in [5.41, 5.74) is 0.622. The van der Waals surface area contributed by atoms with E-state index >= 15 is 0 Å². The second-order valence-electron chi connectivity index (χ2n) is 4.67. The number of rotatable bonds is 6. The van der Waals surface area contributed by atoms with Crippen LogP contribution < -0.4 is 5.32 Å². The summed E-state index contributed by atoms with van der Waals surface area (Å²) in [6.07, 6.45) is 2.49. The Balaban J connectivity index is 2.09. The summed E-state index contributed by atoms with van der Waals surface area (Å²) in [6, 6.07) is 9.73. The van der Waals surface area contributed by atoms with Gasteiger partial charge in [-0.15, -0.1) is 0 Å². The minimum atomic E-state index is -0.419. The van der Waals surface area contributed by atoms with Gasteiger partial charge >= 0.3 is 0 Å². The Bertz CT molecular complexity index is 427. The largest absolute Gasteiger partial charge is 0.330 e. The zero-order valence-corrected chi connectivity index (χ0v) is 10.6. The molecule has 0 atom stereocenters. The van der Waals surface area contributed by atoms with Crippen molar-refractivity contribution in [2.24, 2.45) is 0 Å². The quantitative estimate of drug-likeness (QED) is 0.761. The van der Waals surface area contributed by atoms with E-state index < -0.39 is 5.54 Å². The topological polar surface area (TPSA) is 49.4 Å². The van der Waals surface area contributed by atoms with Crippen LogP contribution in [0.3, 0.4) is 0 Å². The van der Waals surface area contributed by atoms with Gasteiger partial charge in [-0.25, -0.2) is 0 Å². The third-order valence-corrected chi connectivity index (χ3v) is 3.44. The third-order valence-electron chi connectivity index (χ3n) is 3.44. The standard InChI is InChI=1S/C14H18N2O2/c1-15-14(7-8-14)13(18)16(9-10-17)11-12-5-3-2-4-6-12/h2-6,10,15H,7-9,11H2,1H3. The summed E-state index contributed by atoms with van der Waals surface area (Å²) in [7, 11) is 1.80. The molecule has 4 heteroatoms. The average Bonchev–Trinajstić information content (AvgIpc) is 3.20. The number of nitrogens with one attached hydrogen (secondary N) is 1. The predicted molar refractivity (Wildman–Crippen MR) is 68.9 cm³/mol. The van der Waals surface area contributed by atoms with E-state index in [-0.39, 0.29) is 12.5 Å². The van der Waals surface area contributed by atoms with E-state index in [9.17, 15) is 9.59 Å². The van der Waals surface area contributed by atoms with Gasteiger partial charge < -0.3 is 15.0 Å². The van der Waals surface area contributed by atoms with Gasteiger partial charge in [-0.05, 0) is 25.5 Å². The zero-order valence-electron chi connectivity index (χ0n) is 10.6. The summed E-state index contributed by atoms with van der Waals surface area (Å²) >= 11 is 0. The van der Waals surface area contributed by atoms with Gasteiger partial charge in [-0.3, -0.25) is 4.79 Å². The van der Waals surface area contributed by atoms with Crippen LogP contribution in [0.25, 0.3) is 0 Å². The summed E-state index contributed by atoms with van der Waals surface area (Å²) in [6.45, 7) is 0.638. The summed E-state index contributed by atoms with van der Waals surface area (Å²) in [5, 5.41) is 3.07. The van der Waals surface area contributed by atoms with Crippen LogP contribution >= 0.6 is 0 Å². The van der Waals surface area contributed by atoms with Gasteiger partial charge in [0.2, 0.25) is 5.91 Å². The molecule has 0 heterocycles. The molecule has 4 nitrogen and oxygen atoms in total. The predicted octanol–water partition coefficient (Wildman–Crippen LogP) is 0.966. The molecular weight excluding hydrogens is 228 g/mol. The maximum Gasteiger partial charge on any atom is 0.243 e. The third kappa shape index (κ3) is 2.59. The van der Waals surface area contributed by atoms with Gasteiger partial charge in [0, 0.05) is 6.54 Å². The van der Waals surface area contributed by atoms with Crippen molar-refractivity contribution in [3.05, 3.63) is 35.9 Å². The fourth-order valence-corrected chi connectivity index (χ4v) is 2.11. The van der Waals surface area contributed by atoms with Crippen LogP contribution in [-0.4, -0.2) is 36.2 Å². The lowest BCUT2D eigenvalue weighted by atomic mass is 10.1. The van der Waals surface area contributed by atoms with E-state index in [0.29, 0.717) is 6.54 Å². The first-order valence-electron chi connectivity index (χ1n) is 6.18. The minimum Gasteiger partial charge on any atom is -0.330 e. The average molecular weight is 246 g/mol. The Morgan fingerprint density at radius 3 is 2.56 bits per heavy atom. The lowest BCUT2D eigenvalue weighted by molar-refractivity contribution is -0.136. The fraction of sp³-hybridized carbons (Fsp3) is 0.429. The highest BCUT2D eigenvalue weighted by molar-refractivity contribution is 5.90. The molecule has 1 aliphatic carbocycles. The van der Waals surface area contributed by atoms with Crippen molar-refractivity contribution in [2.75, 3.05) is 13.6 Å². The summed E-state index contributed by atoms with van der Waals surface area (Å²) in [5.74, 6) is 0.0287. The molecule has 1 fully saturated rings. The Kier molecular flexibility index (Phi) is 3.77. The molecule has 0 radical (unpaired) electrons. The maximum atomic E-state index is 12.4. The van der Waals surface area contributed by atoms with Crippen LogP contribution in [-0.2, 0) is 16.1 Å². The molecule has 96 valence electrons. The number of nitrogens with zero attached hydrogens (tertiary/aromatic N) is 1. The number of carbonyl (C=O) groups is 2. The smallest absolute Gasteiger partial charge is 0.243 e. The van der Waals surface area contributed by atoms with E-state index in [1.165, 1.54) is 0 Å². The molecule has 0 saturated heterocycles. The number of amides is 1. The molecule has 1 amide bonds. The fourth-order valence-electron chi connectivity index (χ4n) is 2.11. The zero-order chi connectivity index (χ0) is 13.0. The highest BCUT2D eigenvalue weighted by atomic mass is 16.2. The molecule has 0 unspecified atom stereocenters. The Hall–Kier alpha value is -1.68. The van der Waals surface area contributed by atoms with Crippen molar-refractivity contribution >= 4 is 12.2 Å². The number of likely N-dealkylation sites (N-methyl/N-ethyl adjacent to an activating group) is 1. The first-order chi connectivity index (χ1) is 8.72. The summed E-state index contributed by atoms with van der Waals surface area (Å²) in [4.78, 5) is 24.7. The van der Waals surface area contributed by atoms with Gasteiger partial charge in [0.15, 0.2) is 0 Å². The molecule has 2 rings (SSSR count). The molecule has 0 bridgehead atoms. The first kappa shape index (κ1) is 12.8. The Labute approximate surface area is 107 Å². The molecule has 18 heavy (non-hydrogen) atoms. The molecule has 1 saturated carbocycles. The number of aldehydes is 1. The second kappa shape index (κ2) is 5.31. The van der Waals surface area contributed by atoms with E-state index in [1.807, 2.05) is 30.3 Å². The SMILES string of the molecule is CNC1(C(=O)N(CC=O)Cc2ccccc2)CC1. The number of benzene rings is 1. The van der Waals surface area contributed by atoms with Crippen molar-refractivity contribution in [3.63, 3.8) is 0 Å². The molecule has 1 aromatic carbocycles. The molecule has 1 aromatic rings. The van der Waals surface area contributed by atoms with Crippen LogP contribution in [0.4, 0.5) is 0 Å². The van der Waals surface area contributed by atoms with Crippen LogP contribution in [0.1, 0.15) is 18.4 Å². The molecule has 0 spiro atoms. The lowest BCUT2D eigenvalue weighted by Crippen LogP contribution is -2.47.